The standard InChI is InChI=1S/C16H23NO3/c1-17-16(15(18)19-2)10-8-14(9-11-16)20-12-13-6-4-3-5-7-13/h3-7,14,17H,8-12H2,1-2H3. The fourth-order valence-corrected chi connectivity index (χ4v) is 2.79. The van der Waals surface area contributed by atoms with Crippen LogP contribution in [-0.4, -0.2) is 31.8 Å². The maximum absolute atomic E-state index is 11.9. The van der Waals surface area contributed by atoms with Crippen LogP contribution in [0.1, 0.15) is 31.2 Å². The van der Waals surface area contributed by atoms with Crippen molar-refractivity contribution in [1.82, 2.24) is 5.32 Å². The molecule has 1 aliphatic carbocycles. The highest BCUT2D eigenvalue weighted by Crippen LogP contribution is 2.31. The number of methoxy groups -OCH3 is 1. The van der Waals surface area contributed by atoms with E-state index in [-0.39, 0.29) is 12.1 Å². The summed E-state index contributed by atoms with van der Waals surface area (Å²) in [5.41, 5.74) is 0.660. The second kappa shape index (κ2) is 6.86. The van der Waals surface area contributed by atoms with Crippen LogP contribution in [0.2, 0.25) is 0 Å². The third kappa shape index (κ3) is 3.38. The van der Waals surface area contributed by atoms with Crippen molar-refractivity contribution in [3.8, 4) is 0 Å². The maximum atomic E-state index is 11.9. The normalized spacial score (nSPS) is 26.2. The third-order valence-electron chi connectivity index (χ3n) is 4.17. The molecule has 1 aliphatic rings. The van der Waals surface area contributed by atoms with Crippen LogP contribution >= 0.6 is 0 Å². The molecule has 1 aromatic carbocycles. The molecule has 4 heteroatoms. The first-order valence-corrected chi connectivity index (χ1v) is 7.13. The number of benzene rings is 1. The Kier molecular flexibility index (Phi) is 5.15. The van der Waals surface area contributed by atoms with Gasteiger partial charge in [0.2, 0.25) is 0 Å². The van der Waals surface area contributed by atoms with Gasteiger partial charge in [0.15, 0.2) is 0 Å². The summed E-state index contributed by atoms with van der Waals surface area (Å²) in [6.45, 7) is 0.635. The van der Waals surface area contributed by atoms with Crippen molar-refractivity contribution >= 4 is 5.97 Å². The molecule has 0 aliphatic heterocycles. The predicted octanol–water partition coefficient (Wildman–Crippen LogP) is 2.28. The van der Waals surface area contributed by atoms with Crippen LogP contribution in [0.25, 0.3) is 0 Å². The lowest BCUT2D eigenvalue weighted by molar-refractivity contribution is -0.151. The van der Waals surface area contributed by atoms with Crippen molar-refractivity contribution in [3.05, 3.63) is 35.9 Å². The maximum Gasteiger partial charge on any atom is 0.326 e. The van der Waals surface area contributed by atoms with Crippen LogP contribution in [0, 0.1) is 0 Å². The zero-order valence-corrected chi connectivity index (χ0v) is 12.2. The highest BCUT2D eigenvalue weighted by atomic mass is 16.5. The smallest absolute Gasteiger partial charge is 0.326 e. The van der Waals surface area contributed by atoms with Crippen molar-refractivity contribution in [1.29, 1.82) is 0 Å². The Morgan fingerprint density at radius 3 is 2.50 bits per heavy atom. The first kappa shape index (κ1) is 15.0. The molecular weight excluding hydrogens is 254 g/mol. The summed E-state index contributed by atoms with van der Waals surface area (Å²) in [6, 6.07) is 10.2. The molecule has 0 heterocycles. The van der Waals surface area contributed by atoms with Crippen molar-refractivity contribution in [3.63, 3.8) is 0 Å². The molecule has 1 N–H and O–H groups in total. The van der Waals surface area contributed by atoms with Gasteiger partial charge in [-0.05, 0) is 38.3 Å². The topological polar surface area (TPSA) is 47.6 Å². The van der Waals surface area contributed by atoms with E-state index in [2.05, 4.69) is 17.4 Å². The van der Waals surface area contributed by atoms with Crippen molar-refractivity contribution in [2.24, 2.45) is 0 Å². The number of rotatable bonds is 5. The fraction of sp³-hybridized carbons (Fsp3) is 0.562. The minimum atomic E-state index is -0.526. The van der Waals surface area contributed by atoms with Gasteiger partial charge < -0.3 is 14.8 Å². The lowest BCUT2D eigenvalue weighted by Gasteiger charge is -2.37. The number of hydrogen-bond donors (Lipinski definition) is 1. The monoisotopic (exact) mass is 277 g/mol. The van der Waals surface area contributed by atoms with Gasteiger partial charge in [-0.15, -0.1) is 0 Å². The number of nitrogens with one attached hydrogen (secondary N) is 1. The molecular formula is C16H23NO3. The number of carbonyl (C=O) groups excluding carboxylic acids is 1. The Bertz CT molecular complexity index is 425. The summed E-state index contributed by atoms with van der Waals surface area (Å²) in [7, 11) is 3.27. The van der Waals surface area contributed by atoms with E-state index in [0.717, 1.165) is 25.7 Å². The average molecular weight is 277 g/mol. The van der Waals surface area contributed by atoms with Gasteiger partial charge in [0.25, 0.3) is 0 Å². The fourth-order valence-electron chi connectivity index (χ4n) is 2.79. The van der Waals surface area contributed by atoms with Crippen LogP contribution in [0.4, 0.5) is 0 Å². The summed E-state index contributed by atoms with van der Waals surface area (Å²) in [4.78, 5) is 11.9. The van der Waals surface area contributed by atoms with E-state index in [4.69, 9.17) is 9.47 Å². The summed E-state index contributed by atoms with van der Waals surface area (Å²) >= 11 is 0. The van der Waals surface area contributed by atoms with Gasteiger partial charge in [-0.1, -0.05) is 30.3 Å². The van der Waals surface area contributed by atoms with Gasteiger partial charge in [0.05, 0.1) is 19.8 Å². The lowest BCUT2D eigenvalue weighted by atomic mass is 9.80. The van der Waals surface area contributed by atoms with Gasteiger partial charge in [0.1, 0.15) is 5.54 Å². The van der Waals surface area contributed by atoms with E-state index < -0.39 is 5.54 Å². The molecule has 0 bridgehead atoms. The molecule has 20 heavy (non-hydrogen) atoms. The van der Waals surface area contributed by atoms with Crippen LogP contribution in [0.3, 0.4) is 0 Å². The average Bonchev–Trinajstić information content (AvgIpc) is 2.53. The lowest BCUT2D eigenvalue weighted by Crippen LogP contribution is -2.54. The number of likely N-dealkylation sites (N-methyl/N-ethyl adjacent to an activating group) is 1. The minimum Gasteiger partial charge on any atom is -0.468 e. The van der Waals surface area contributed by atoms with Gasteiger partial charge in [-0.2, -0.15) is 0 Å². The number of hydrogen-bond acceptors (Lipinski definition) is 4. The SMILES string of the molecule is CNC1(C(=O)OC)CCC(OCc2ccccc2)CC1. The van der Waals surface area contributed by atoms with E-state index in [1.54, 1.807) is 0 Å². The largest absolute Gasteiger partial charge is 0.468 e. The molecule has 0 radical (unpaired) electrons. The molecule has 0 saturated heterocycles. The molecule has 2 rings (SSSR count). The third-order valence-corrected chi connectivity index (χ3v) is 4.17. The molecule has 1 aromatic rings. The summed E-state index contributed by atoms with van der Waals surface area (Å²) in [5, 5.41) is 3.13. The molecule has 1 fully saturated rings. The minimum absolute atomic E-state index is 0.165. The van der Waals surface area contributed by atoms with Crippen molar-refractivity contribution in [2.75, 3.05) is 14.2 Å². The molecule has 0 spiro atoms. The molecule has 0 unspecified atom stereocenters. The van der Waals surface area contributed by atoms with Crippen LogP contribution < -0.4 is 5.32 Å². The quantitative estimate of drug-likeness (QED) is 0.839. The number of ether oxygens (including phenoxy) is 2. The number of esters is 1. The zero-order chi connectivity index (χ0) is 14.4. The van der Waals surface area contributed by atoms with E-state index in [0.29, 0.717) is 6.61 Å². The predicted molar refractivity (Wildman–Crippen MR) is 77.3 cm³/mol. The highest BCUT2D eigenvalue weighted by molar-refractivity contribution is 5.80. The molecule has 0 aromatic heterocycles. The second-order valence-electron chi connectivity index (χ2n) is 5.32. The summed E-state index contributed by atoms with van der Waals surface area (Å²) < 4.78 is 10.8. The van der Waals surface area contributed by atoms with Crippen molar-refractivity contribution in [2.45, 2.75) is 43.9 Å². The van der Waals surface area contributed by atoms with Crippen LogP contribution in [0.5, 0.6) is 0 Å². The molecule has 0 amide bonds. The van der Waals surface area contributed by atoms with Gasteiger partial charge in [0, 0.05) is 0 Å². The van der Waals surface area contributed by atoms with Gasteiger partial charge >= 0.3 is 5.97 Å². The highest BCUT2D eigenvalue weighted by Gasteiger charge is 2.41. The Labute approximate surface area is 120 Å². The van der Waals surface area contributed by atoms with E-state index >= 15 is 0 Å². The number of carbonyl (C=O) groups is 1. The van der Waals surface area contributed by atoms with Gasteiger partial charge in [-0.3, -0.25) is 4.79 Å². The van der Waals surface area contributed by atoms with Crippen LogP contribution in [0.15, 0.2) is 30.3 Å². The first-order valence-electron chi connectivity index (χ1n) is 7.13. The van der Waals surface area contributed by atoms with E-state index in [9.17, 15) is 4.79 Å². The van der Waals surface area contributed by atoms with E-state index in [1.807, 2.05) is 25.2 Å². The summed E-state index contributed by atoms with van der Waals surface area (Å²) in [6.07, 6.45) is 3.50. The van der Waals surface area contributed by atoms with Crippen LogP contribution in [-0.2, 0) is 20.9 Å². The van der Waals surface area contributed by atoms with Crippen molar-refractivity contribution < 1.29 is 14.3 Å². The Morgan fingerprint density at radius 1 is 1.30 bits per heavy atom. The Morgan fingerprint density at radius 2 is 1.95 bits per heavy atom. The second-order valence-corrected chi connectivity index (χ2v) is 5.32. The molecule has 0 atom stereocenters. The zero-order valence-electron chi connectivity index (χ0n) is 12.2. The molecule has 110 valence electrons. The molecule has 4 nitrogen and oxygen atoms in total. The first-order chi connectivity index (χ1) is 9.70. The van der Waals surface area contributed by atoms with Gasteiger partial charge in [-0.25, -0.2) is 0 Å². The Hall–Kier alpha value is -1.39. The molecule has 1 saturated carbocycles. The Balaban J connectivity index is 1.83. The summed E-state index contributed by atoms with van der Waals surface area (Å²) in [5.74, 6) is -0.165. The van der Waals surface area contributed by atoms with E-state index in [1.165, 1.54) is 12.7 Å².